The summed E-state index contributed by atoms with van der Waals surface area (Å²) in [6, 6.07) is 4.97. The van der Waals surface area contributed by atoms with Crippen LogP contribution in [0.4, 0.5) is 4.79 Å². The fourth-order valence-corrected chi connectivity index (χ4v) is 3.71. The zero-order valence-electron chi connectivity index (χ0n) is 15.1. The van der Waals surface area contributed by atoms with Crippen LogP contribution in [0.1, 0.15) is 28.9 Å². The maximum absolute atomic E-state index is 12.7. The van der Waals surface area contributed by atoms with E-state index >= 15 is 0 Å². The van der Waals surface area contributed by atoms with E-state index in [9.17, 15) is 14.7 Å². The van der Waals surface area contributed by atoms with E-state index in [4.69, 9.17) is 5.26 Å². The molecule has 0 aromatic carbocycles. The van der Waals surface area contributed by atoms with Gasteiger partial charge in [-0.25, -0.2) is 9.78 Å². The lowest BCUT2D eigenvalue weighted by atomic mass is 9.75. The molecule has 2 aliphatic rings. The van der Waals surface area contributed by atoms with Gasteiger partial charge in [0.15, 0.2) is 0 Å². The number of likely N-dealkylation sites (tertiary alicyclic amines) is 2. The highest BCUT2D eigenvalue weighted by Crippen LogP contribution is 2.36. The minimum Gasteiger partial charge on any atom is -0.389 e. The number of piperidine rings is 2. The van der Waals surface area contributed by atoms with E-state index in [1.807, 2.05) is 6.07 Å². The average Bonchev–Trinajstić information content (AvgIpc) is 2.65. The number of aromatic nitrogens is 1. The van der Waals surface area contributed by atoms with Crippen LogP contribution in [0.3, 0.4) is 0 Å². The zero-order valence-corrected chi connectivity index (χ0v) is 15.1. The van der Waals surface area contributed by atoms with Gasteiger partial charge in [-0.05, 0) is 25.0 Å². The summed E-state index contributed by atoms with van der Waals surface area (Å²) in [6.45, 7) is 1.82. The number of hydrogen-bond acceptors (Lipinski definition) is 5. The van der Waals surface area contributed by atoms with Gasteiger partial charge in [0.25, 0.3) is 5.91 Å². The van der Waals surface area contributed by atoms with Gasteiger partial charge in [-0.3, -0.25) is 4.79 Å². The summed E-state index contributed by atoms with van der Waals surface area (Å²) in [6.07, 6.45) is 2.43. The topological polar surface area (TPSA) is 101 Å². The normalized spacial score (nSPS) is 25.2. The maximum Gasteiger partial charge on any atom is 0.319 e. The lowest BCUT2D eigenvalue weighted by Crippen LogP contribution is -2.62. The van der Waals surface area contributed by atoms with E-state index in [2.05, 4.69) is 4.98 Å². The van der Waals surface area contributed by atoms with Crippen LogP contribution in [0.5, 0.6) is 0 Å². The Hall–Kier alpha value is -2.66. The van der Waals surface area contributed by atoms with Gasteiger partial charge in [0.2, 0.25) is 0 Å². The summed E-state index contributed by atoms with van der Waals surface area (Å²) in [7, 11) is 3.41. The molecular formula is C18H23N5O3. The van der Waals surface area contributed by atoms with Crippen molar-refractivity contribution in [2.45, 2.75) is 18.4 Å². The second-order valence-electron chi connectivity index (χ2n) is 7.22. The van der Waals surface area contributed by atoms with Crippen molar-refractivity contribution < 1.29 is 14.7 Å². The van der Waals surface area contributed by atoms with Crippen LogP contribution in [0.2, 0.25) is 0 Å². The maximum atomic E-state index is 12.7. The van der Waals surface area contributed by atoms with E-state index in [1.165, 1.54) is 17.2 Å². The molecule has 2 aliphatic heterocycles. The highest BCUT2D eigenvalue weighted by molar-refractivity contribution is 5.94. The van der Waals surface area contributed by atoms with Crippen molar-refractivity contribution >= 4 is 11.9 Å². The minimum absolute atomic E-state index is 0.0770. The fraction of sp³-hybridized carbons (Fsp3) is 0.556. The van der Waals surface area contributed by atoms with Crippen molar-refractivity contribution in [2.75, 3.05) is 40.3 Å². The molecule has 1 aromatic rings. The molecule has 0 saturated carbocycles. The van der Waals surface area contributed by atoms with Crippen molar-refractivity contribution in [3.63, 3.8) is 0 Å². The predicted molar refractivity (Wildman–Crippen MR) is 93.2 cm³/mol. The van der Waals surface area contributed by atoms with Gasteiger partial charge in [0, 0.05) is 52.4 Å². The van der Waals surface area contributed by atoms with Crippen LogP contribution in [-0.2, 0) is 0 Å². The Morgan fingerprint density at radius 2 is 1.92 bits per heavy atom. The molecular weight excluding hydrogens is 334 g/mol. The van der Waals surface area contributed by atoms with E-state index in [0.717, 1.165) is 0 Å². The summed E-state index contributed by atoms with van der Waals surface area (Å²) in [5.41, 5.74) is -0.144. The second kappa shape index (κ2) is 6.92. The van der Waals surface area contributed by atoms with Crippen LogP contribution < -0.4 is 0 Å². The lowest BCUT2D eigenvalue weighted by molar-refractivity contribution is -0.100. The Labute approximate surface area is 152 Å². The SMILES string of the molecule is CN(C)C(=O)N1CC[C@]2(O)CCN(C(=O)c3ccc(C#N)nc3)C[C@@H]2C1. The molecule has 8 heteroatoms. The van der Waals surface area contributed by atoms with Crippen LogP contribution >= 0.6 is 0 Å². The molecule has 8 nitrogen and oxygen atoms in total. The molecule has 0 spiro atoms. The quantitative estimate of drug-likeness (QED) is 0.790. The summed E-state index contributed by atoms with van der Waals surface area (Å²) in [4.78, 5) is 33.9. The Balaban J connectivity index is 1.72. The van der Waals surface area contributed by atoms with Crippen LogP contribution in [0.25, 0.3) is 0 Å². The summed E-state index contributed by atoms with van der Waals surface area (Å²) in [5.74, 6) is -0.343. The first kappa shape index (κ1) is 18.1. The number of aliphatic hydroxyl groups is 1. The Bertz CT molecular complexity index is 742. The predicted octanol–water partition coefficient (Wildman–Crippen LogP) is 0.534. The largest absolute Gasteiger partial charge is 0.389 e. The van der Waals surface area contributed by atoms with Gasteiger partial charge in [0.05, 0.1) is 11.2 Å². The number of amides is 3. The number of pyridine rings is 1. The molecule has 26 heavy (non-hydrogen) atoms. The standard InChI is InChI=1S/C18H23N5O3/c1-21(2)17(25)23-8-6-18(26)5-7-22(11-14(18)12-23)16(24)13-3-4-15(9-19)20-10-13/h3-4,10,14,26H,5-8,11-12H2,1-2H3/t14-,18-/m1/s1. The molecule has 2 atom stereocenters. The highest BCUT2D eigenvalue weighted by Gasteiger charge is 2.47. The number of fused-ring (bicyclic) bond motifs is 1. The monoisotopic (exact) mass is 357 g/mol. The number of carbonyl (C=O) groups is 2. The number of hydrogen-bond donors (Lipinski definition) is 1. The van der Waals surface area contributed by atoms with Crippen LogP contribution in [0, 0.1) is 17.2 Å². The van der Waals surface area contributed by atoms with Crippen molar-refractivity contribution in [2.24, 2.45) is 5.92 Å². The first-order chi connectivity index (χ1) is 12.3. The Kier molecular flexibility index (Phi) is 4.83. The number of carbonyl (C=O) groups excluding carboxylic acids is 2. The number of rotatable bonds is 1. The Morgan fingerprint density at radius 3 is 2.50 bits per heavy atom. The molecule has 1 aromatic heterocycles. The van der Waals surface area contributed by atoms with Crippen molar-refractivity contribution in [1.82, 2.24) is 19.7 Å². The van der Waals surface area contributed by atoms with Crippen molar-refractivity contribution in [3.05, 3.63) is 29.6 Å². The zero-order chi connectivity index (χ0) is 18.9. The van der Waals surface area contributed by atoms with Crippen LogP contribution in [-0.4, -0.2) is 82.6 Å². The van der Waals surface area contributed by atoms with Gasteiger partial charge >= 0.3 is 6.03 Å². The van der Waals surface area contributed by atoms with E-state index in [1.54, 1.807) is 30.0 Å². The lowest BCUT2D eigenvalue weighted by Gasteiger charge is -2.50. The highest BCUT2D eigenvalue weighted by atomic mass is 16.3. The van der Waals surface area contributed by atoms with Gasteiger partial charge in [-0.2, -0.15) is 5.26 Å². The summed E-state index contributed by atoms with van der Waals surface area (Å²) in [5, 5.41) is 19.7. The third-order valence-electron chi connectivity index (χ3n) is 5.34. The molecule has 0 bridgehead atoms. The third kappa shape index (κ3) is 3.35. The molecule has 1 N–H and O–H groups in total. The molecule has 0 unspecified atom stereocenters. The van der Waals surface area contributed by atoms with Gasteiger partial charge in [-0.15, -0.1) is 0 Å². The summed E-state index contributed by atoms with van der Waals surface area (Å²) < 4.78 is 0. The van der Waals surface area contributed by atoms with Crippen molar-refractivity contribution in [3.8, 4) is 6.07 Å². The third-order valence-corrected chi connectivity index (χ3v) is 5.34. The van der Waals surface area contributed by atoms with Gasteiger partial charge in [0.1, 0.15) is 11.8 Å². The Morgan fingerprint density at radius 1 is 1.27 bits per heavy atom. The molecule has 3 amide bonds. The average molecular weight is 357 g/mol. The molecule has 3 heterocycles. The van der Waals surface area contributed by atoms with E-state index in [0.29, 0.717) is 44.6 Å². The smallest absolute Gasteiger partial charge is 0.319 e. The van der Waals surface area contributed by atoms with Gasteiger partial charge in [-0.1, -0.05) is 0 Å². The molecule has 2 fully saturated rings. The van der Waals surface area contributed by atoms with Crippen molar-refractivity contribution in [1.29, 1.82) is 5.26 Å². The van der Waals surface area contributed by atoms with Crippen LogP contribution in [0.15, 0.2) is 18.3 Å². The second-order valence-corrected chi connectivity index (χ2v) is 7.22. The first-order valence-electron chi connectivity index (χ1n) is 8.68. The number of nitriles is 1. The number of urea groups is 1. The number of nitrogens with zero attached hydrogens (tertiary/aromatic N) is 5. The minimum atomic E-state index is -0.831. The van der Waals surface area contributed by atoms with E-state index in [-0.39, 0.29) is 23.6 Å². The van der Waals surface area contributed by atoms with E-state index < -0.39 is 5.60 Å². The first-order valence-corrected chi connectivity index (χ1v) is 8.68. The molecule has 0 aliphatic carbocycles. The molecule has 138 valence electrons. The molecule has 0 radical (unpaired) electrons. The van der Waals surface area contributed by atoms with Gasteiger partial charge < -0.3 is 19.8 Å². The summed E-state index contributed by atoms with van der Waals surface area (Å²) >= 11 is 0. The molecule has 2 saturated heterocycles. The fourth-order valence-electron chi connectivity index (χ4n) is 3.71. The molecule has 3 rings (SSSR count).